The molecule has 1 heterocycles. The monoisotopic (exact) mass is 266 g/mol. The summed E-state index contributed by atoms with van der Waals surface area (Å²) in [6, 6.07) is 15.1. The van der Waals surface area contributed by atoms with Gasteiger partial charge in [-0.05, 0) is 36.4 Å². The summed E-state index contributed by atoms with van der Waals surface area (Å²) >= 11 is 0. The Morgan fingerprint density at radius 1 is 1.05 bits per heavy atom. The Bertz CT molecular complexity index is 719. The van der Waals surface area contributed by atoms with Gasteiger partial charge in [-0.25, -0.2) is 4.98 Å². The van der Waals surface area contributed by atoms with Crippen molar-refractivity contribution in [2.45, 2.75) is 0 Å². The number of hydrogen-bond acceptors (Lipinski definition) is 4. The zero-order valence-electron chi connectivity index (χ0n) is 11.0. The predicted octanol–water partition coefficient (Wildman–Crippen LogP) is 2.73. The second-order valence-corrected chi connectivity index (χ2v) is 4.33. The van der Waals surface area contributed by atoms with E-state index in [4.69, 9.17) is 10.5 Å². The van der Waals surface area contributed by atoms with Gasteiger partial charge in [0.15, 0.2) is 11.6 Å². The zero-order chi connectivity index (χ0) is 13.9. The molecule has 3 aromatic rings. The lowest BCUT2D eigenvalue weighted by Crippen LogP contribution is -1.88. The lowest BCUT2D eigenvalue weighted by Gasteiger charge is -2.04. The molecule has 0 saturated carbocycles. The molecule has 0 atom stereocenters. The minimum Gasteiger partial charge on any atom is -0.496 e. The fourth-order valence-corrected chi connectivity index (χ4v) is 1.98. The summed E-state index contributed by atoms with van der Waals surface area (Å²) in [7, 11) is 1.64. The highest BCUT2D eigenvalue weighted by molar-refractivity contribution is 5.67. The van der Waals surface area contributed by atoms with Crippen molar-refractivity contribution in [1.29, 1.82) is 0 Å². The van der Waals surface area contributed by atoms with Crippen LogP contribution in [0.3, 0.4) is 0 Å². The normalized spacial score (nSPS) is 10.4. The van der Waals surface area contributed by atoms with Crippen molar-refractivity contribution in [1.82, 2.24) is 15.2 Å². The fraction of sp³-hybridized carbons (Fsp3) is 0.0667. The van der Waals surface area contributed by atoms with E-state index < -0.39 is 0 Å². The van der Waals surface area contributed by atoms with Crippen molar-refractivity contribution >= 4 is 5.69 Å². The summed E-state index contributed by atoms with van der Waals surface area (Å²) in [6.07, 6.45) is 0. The van der Waals surface area contributed by atoms with Gasteiger partial charge in [-0.2, -0.15) is 5.10 Å². The smallest absolute Gasteiger partial charge is 0.181 e. The largest absolute Gasteiger partial charge is 0.496 e. The number of H-pyrrole nitrogens is 1. The molecule has 2 aromatic carbocycles. The highest BCUT2D eigenvalue weighted by Crippen LogP contribution is 2.28. The number of nitrogens with two attached hydrogens (primary N) is 1. The molecule has 0 fully saturated rings. The number of rotatable bonds is 3. The molecular formula is C15H14N4O. The van der Waals surface area contributed by atoms with E-state index in [1.165, 1.54) is 0 Å². The Morgan fingerprint density at radius 2 is 1.80 bits per heavy atom. The molecule has 5 nitrogen and oxygen atoms in total. The summed E-state index contributed by atoms with van der Waals surface area (Å²) < 4.78 is 5.33. The van der Waals surface area contributed by atoms with Crippen LogP contribution in [-0.4, -0.2) is 22.3 Å². The van der Waals surface area contributed by atoms with Crippen molar-refractivity contribution in [3.63, 3.8) is 0 Å². The van der Waals surface area contributed by atoms with Crippen molar-refractivity contribution < 1.29 is 4.74 Å². The van der Waals surface area contributed by atoms with E-state index in [1.807, 2.05) is 48.5 Å². The van der Waals surface area contributed by atoms with Crippen molar-refractivity contribution in [3.05, 3.63) is 48.5 Å². The van der Waals surface area contributed by atoms with Gasteiger partial charge in [0.05, 0.1) is 12.7 Å². The van der Waals surface area contributed by atoms with Crippen LogP contribution in [0.25, 0.3) is 22.8 Å². The molecule has 0 aliphatic rings. The first kappa shape index (κ1) is 12.2. The van der Waals surface area contributed by atoms with Crippen LogP contribution in [0, 0.1) is 0 Å². The zero-order valence-corrected chi connectivity index (χ0v) is 11.0. The Kier molecular flexibility index (Phi) is 3.09. The van der Waals surface area contributed by atoms with Crippen LogP contribution in [0.1, 0.15) is 0 Å². The number of ether oxygens (including phenoxy) is 1. The number of aromatic amines is 1. The molecule has 0 bridgehead atoms. The summed E-state index contributed by atoms with van der Waals surface area (Å²) in [4.78, 5) is 4.50. The molecular weight excluding hydrogens is 252 g/mol. The maximum absolute atomic E-state index is 5.67. The summed E-state index contributed by atoms with van der Waals surface area (Å²) in [5, 5.41) is 7.17. The first-order chi connectivity index (χ1) is 9.78. The lowest BCUT2D eigenvalue weighted by atomic mass is 10.2. The van der Waals surface area contributed by atoms with Gasteiger partial charge in [0, 0.05) is 11.3 Å². The number of nitrogen functional groups attached to an aromatic ring is 1. The highest BCUT2D eigenvalue weighted by Gasteiger charge is 2.11. The van der Waals surface area contributed by atoms with Crippen LogP contribution >= 0.6 is 0 Å². The highest BCUT2D eigenvalue weighted by atomic mass is 16.5. The van der Waals surface area contributed by atoms with Gasteiger partial charge < -0.3 is 10.5 Å². The number of anilines is 1. The molecule has 3 N–H and O–H groups in total. The van der Waals surface area contributed by atoms with Crippen LogP contribution in [0.15, 0.2) is 48.5 Å². The van der Waals surface area contributed by atoms with Gasteiger partial charge in [0.1, 0.15) is 5.75 Å². The third-order valence-corrected chi connectivity index (χ3v) is 3.02. The standard InChI is InChI=1S/C15H14N4O/c1-20-13-5-3-2-4-12(13)15-17-14(18-19-15)10-6-8-11(16)9-7-10/h2-9H,16H2,1H3,(H,17,18,19). The number of para-hydroxylation sites is 1. The summed E-state index contributed by atoms with van der Waals surface area (Å²) in [6.45, 7) is 0. The first-order valence-electron chi connectivity index (χ1n) is 6.19. The van der Waals surface area contributed by atoms with E-state index in [0.717, 1.165) is 16.9 Å². The molecule has 1 aromatic heterocycles. The van der Waals surface area contributed by atoms with Crippen LogP contribution in [0.2, 0.25) is 0 Å². The van der Waals surface area contributed by atoms with Crippen LogP contribution < -0.4 is 10.5 Å². The molecule has 0 radical (unpaired) electrons. The van der Waals surface area contributed by atoms with Gasteiger partial charge in [-0.1, -0.05) is 12.1 Å². The number of benzene rings is 2. The van der Waals surface area contributed by atoms with Crippen LogP contribution in [0.4, 0.5) is 5.69 Å². The van der Waals surface area contributed by atoms with E-state index in [-0.39, 0.29) is 0 Å². The molecule has 20 heavy (non-hydrogen) atoms. The third kappa shape index (κ3) is 2.21. The average molecular weight is 266 g/mol. The predicted molar refractivity (Wildman–Crippen MR) is 78.2 cm³/mol. The van der Waals surface area contributed by atoms with Gasteiger partial charge in [-0.15, -0.1) is 0 Å². The minimum absolute atomic E-state index is 0.630. The summed E-state index contributed by atoms with van der Waals surface area (Å²) in [5.41, 5.74) is 8.18. The lowest BCUT2D eigenvalue weighted by molar-refractivity contribution is 0.416. The van der Waals surface area contributed by atoms with Gasteiger partial charge in [0.2, 0.25) is 0 Å². The van der Waals surface area contributed by atoms with Crippen molar-refractivity contribution in [3.8, 4) is 28.5 Å². The quantitative estimate of drug-likeness (QED) is 0.715. The molecule has 0 aliphatic carbocycles. The van der Waals surface area contributed by atoms with E-state index in [2.05, 4.69) is 15.2 Å². The van der Waals surface area contributed by atoms with Crippen molar-refractivity contribution in [2.75, 3.05) is 12.8 Å². The van der Waals surface area contributed by atoms with E-state index in [9.17, 15) is 0 Å². The van der Waals surface area contributed by atoms with Crippen molar-refractivity contribution in [2.24, 2.45) is 0 Å². The number of nitrogens with zero attached hydrogens (tertiary/aromatic N) is 2. The molecule has 0 amide bonds. The maximum atomic E-state index is 5.67. The molecule has 0 spiro atoms. The van der Waals surface area contributed by atoms with E-state index in [1.54, 1.807) is 7.11 Å². The minimum atomic E-state index is 0.630. The van der Waals surface area contributed by atoms with Gasteiger partial charge in [-0.3, -0.25) is 5.10 Å². The van der Waals surface area contributed by atoms with E-state index in [0.29, 0.717) is 17.3 Å². The average Bonchev–Trinajstić information content (AvgIpc) is 2.97. The maximum Gasteiger partial charge on any atom is 0.181 e. The Hall–Kier alpha value is -2.82. The Morgan fingerprint density at radius 3 is 2.55 bits per heavy atom. The molecule has 100 valence electrons. The van der Waals surface area contributed by atoms with E-state index >= 15 is 0 Å². The topological polar surface area (TPSA) is 76.8 Å². The Balaban J connectivity index is 2.00. The van der Waals surface area contributed by atoms with Gasteiger partial charge in [0.25, 0.3) is 0 Å². The van der Waals surface area contributed by atoms with Crippen LogP contribution in [-0.2, 0) is 0 Å². The molecule has 5 heteroatoms. The first-order valence-corrected chi connectivity index (χ1v) is 6.19. The van der Waals surface area contributed by atoms with Gasteiger partial charge >= 0.3 is 0 Å². The molecule has 0 saturated heterocycles. The second-order valence-electron chi connectivity index (χ2n) is 4.33. The second kappa shape index (κ2) is 5.05. The number of nitrogens with one attached hydrogen (secondary N) is 1. The Labute approximate surface area is 116 Å². The molecule has 0 aliphatic heterocycles. The SMILES string of the molecule is COc1ccccc1-c1nc(-c2ccc(N)cc2)n[nH]1. The van der Waals surface area contributed by atoms with Crippen LogP contribution in [0.5, 0.6) is 5.75 Å². The molecule has 0 unspecified atom stereocenters. The number of aromatic nitrogens is 3. The number of hydrogen-bond donors (Lipinski definition) is 2. The molecule has 3 rings (SSSR count). The fourth-order valence-electron chi connectivity index (χ4n) is 1.98. The number of methoxy groups -OCH3 is 1. The third-order valence-electron chi connectivity index (χ3n) is 3.02. The summed E-state index contributed by atoms with van der Waals surface area (Å²) in [5.74, 6) is 2.06.